The molecule has 11 nitrogen and oxygen atoms in total. The number of amides is 1. The zero-order chi connectivity index (χ0) is 34.3. The van der Waals surface area contributed by atoms with Crippen molar-refractivity contribution in [1.29, 1.82) is 0 Å². The Morgan fingerprint density at radius 1 is 1.09 bits per heavy atom. The Hall–Kier alpha value is -5.42. The molecule has 5 aromatic rings. The molecule has 0 radical (unpaired) electrons. The highest BCUT2D eigenvalue weighted by Crippen LogP contribution is 2.32. The van der Waals surface area contributed by atoms with Crippen LogP contribution in [-0.2, 0) is 12.7 Å². The number of carbonyl (C=O) groups excluding carboxylic acids is 1. The summed E-state index contributed by atoms with van der Waals surface area (Å²) in [4.78, 5) is 36.2. The lowest BCUT2D eigenvalue weighted by molar-refractivity contribution is -0.884. The van der Waals surface area contributed by atoms with Crippen molar-refractivity contribution in [2.45, 2.75) is 39.5 Å². The third-order valence-corrected chi connectivity index (χ3v) is 7.44. The fourth-order valence-corrected chi connectivity index (χ4v) is 5.30. The molecule has 0 spiro atoms. The van der Waals surface area contributed by atoms with Crippen molar-refractivity contribution < 1.29 is 26.9 Å². The molecule has 244 valence electrons. The van der Waals surface area contributed by atoms with Gasteiger partial charge in [0.2, 0.25) is 5.89 Å². The Balaban J connectivity index is 1.67. The number of nitrogens with zero attached hydrogens (tertiary/aromatic N) is 7. The zero-order valence-electron chi connectivity index (χ0n) is 26.7. The summed E-state index contributed by atoms with van der Waals surface area (Å²) in [5.74, 6) is 0.655. The molecular formula is C33H34F3N8O3+. The van der Waals surface area contributed by atoms with Gasteiger partial charge in [-0.3, -0.25) is 4.57 Å². The third kappa shape index (κ3) is 6.75. The molecule has 0 bridgehead atoms. The smallest absolute Gasteiger partial charge is 0.416 e. The SMILES string of the molecule is [C-]#[N+]c1ccc(-n2nccc2-c2c(C)n(-c3cccc(C(F)(F)F)c3)c(=O)n2C(=O)N[C@H](c2ncc(C[N+](C)(C)C)o2)C(C)C)cc1. The number of hydrogen-bond donors (Lipinski definition) is 1. The van der Waals surface area contributed by atoms with Crippen molar-refractivity contribution >= 4 is 11.7 Å². The summed E-state index contributed by atoms with van der Waals surface area (Å²) in [6.45, 7) is 13.1. The first-order valence-corrected chi connectivity index (χ1v) is 14.7. The fourth-order valence-electron chi connectivity index (χ4n) is 5.30. The molecule has 0 fully saturated rings. The molecule has 14 heteroatoms. The van der Waals surface area contributed by atoms with Crippen molar-refractivity contribution in [1.82, 2.24) is 29.2 Å². The molecule has 0 unspecified atom stereocenters. The molecule has 1 amide bonds. The van der Waals surface area contributed by atoms with E-state index in [-0.39, 0.29) is 28.9 Å². The van der Waals surface area contributed by atoms with Gasteiger partial charge in [0.25, 0.3) is 0 Å². The van der Waals surface area contributed by atoms with E-state index < -0.39 is 29.5 Å². The number of aromatic nitrogens is 5. The second-order valence-electron chi connectivity index (χ2n) is 12.5. The number of halogens is 3. The van der Waals surface area contributed by atoms with Crippen LogP contribution in [0.25, 0.3) is 27.6 Å². The monoisotopic (exact) mass is 647 g/mol. The molecule has 3 heterocycles. The maximum Gasteiger partial charge on any atom is 0.416 e. The highest BCUT2D eigenvalue weighted by atomic mass is 19.4. The van der Waals surface area contributed by atoms with E-state index in [0.29, 0.717) is 33.9 Å². The average molecular weight is 648 g/mol. The van der Waals surface area contributed by atoms with E-state index in [1.807, 2.05) is 35.0 Å². The molecule has 1 atom stereocenters. The lowest BCUT2D eigenvalue weighted by atomic mass is 10.0. The standard InChI is InChI=1S/C33H33F3N8O3/c1-20(2)28(30-38-18-26(47-30)19-44(5,6)7)40-31(45)42-29(27-15-16-39-43(27)24-13-11-23(37-4)12-14-24)21(3)41(32(42)46)25-10-8-9-22(17-25)33(34,35)36/h8-18,20,28H,19H2,1-3,5-7H3/p+1/t28-/m0/s1. The van der Waals surface area contributed by atoms with Crippen molar-refractivity contribution in [3.63, 3.8) is 0 Å². The molecule has 0 saturated heterocycles. The zero-order valence-corrected chi connectivity index (χ0v) is 26.7. The Bertz CT molecular complexity index is 2020. The van der Waals surface area contributed by atoms with Crippen LogP contribution in [0.15, 0.2) is 76.2 Å². The van der Waals surface area contributed by atoms with Gasteiger partial charge in [-0.25, -0.2) is 28.7 Å². The first-order chi connectivity index (χ1) is 22.1. The molecule has 3 aromatic heterocycles. The van der Waals surface area contributed by atoms with Crippen LogP contribution in [-0.4, -0.2) is 55.6 Å². The Morgan fingerprint density at radius 3 is 2.40 bits per heavy atom. The van der Waals surface area contributed by atoms with Crippen LogP contribution in [0.1, 0.15) is 42.8 Å². The van der Waals surface area contributed by atoms with Crippen molar-refractivity contribution in [3.8, 4) is 22.8 Å². The van der Waals surface area contributed by atoms with E-state index in [2.05, 4.69) is 20.2 Å². The number of rotatable bonds is 8. The minimum Gasteiger partial charge on any atom is -0.437 e. The second kappa shape index (κ2) is 12.4. The molecule has 0 aliphatic carbocycles. The van der Waals surface area contributed by atoms with Crippen molar-refractivity contribution in [2.75, 3.05) is 21.1 Å². The van der Waals surface area contributed by atoms with E-state index >= 15 is 0 Å². The first-order valence-electron chi connectivity index (χ1n) is 14.7. The minimum absolute atomic E-state index is 0.0688. The van der Waals surface area contributed by atoms with E-state index in [0.717, 1.165) is 21.3 Å². The predicted octanol–water partition coefficient (Wildman–Crippen LogP) is 6.52. The predicted molar refractivity (Wildman–Crippen MR) is 168 cm³/mol. The number of benzene rings is 2. The molecule has 0 aliphatic heterocycles. The van der Waals surface area contributed by atoms with Crippen LogP contribution >= 0.6 is 0 Å². The summed E-state index contributed by atoms with van der Waals surface area (Å²) in [7, 11) is 6.00. The van der Waals surface area contributed by atoms with E-state index in [1.165, 1.54) is 23.0 Å². The summed E-state index contributed by atoms with van der Waals surface area (Å²) in [6, 6.07) is 10.9. The van der Waals surface area contributed by atoms with Gasteiger partial charge in [-0.15, -0.1) is 0 Å². The van der Waals surface area contributed by atoms with Crippen LogP contribution in [0.2, 0.25) is 0 Å². The van der Waals surface area contributed by atoms with Crippen LogP contribution in [0.4, 0.5) is 23.7 Å². The number of oxazole rings is 1. The van der Waals surface area contributed by atoms with E-state index in [4.69, 9.17) is 11.0 Å². The van der Waals surface area contributed by atoms with Gasteiger partial charge in [0.05, 0.1) is 68.4 Å². The number of alkyl halides is 3. The van der Waals surface area contributed by atoms with Gasteiger partial charge in [0, 0.05) is 0 Å². The van der Waals surface area contributed by atoms with E-state index in [1.54, 1.807) is 43.5 Å². The Kier molecular flexibility index (Phi) is 8.70. The van der Waals surface area contributed by atoms with Crippen LogP contribution in [0, 0.1) is 19.4 Å². The molecule has 0 aliphatic rings. The normalized spacial score (nSPS) is 12.7. The number of quaternary nitrogens is 1. The Labute approximate surface area is 268 Å². The molecule has 2 aromatic carbocycles. The van der Waals surface area contributed by atoms with Crippen LogP contribution < -0.4 is 11.0 Å². The largest absolute Gasteiger partial charge is 0.437 e. The van der Waals surface area contributed by atoms with Gasteiger partial charge in [-0.2, -0.15) is 18.3 Å². The number of hydrogen-bond acceptors (Lipinski definition) is 5. The van der Waals surface area contributed by atoms with Crippen molar-refractivity contribution in [2.24, 2.45) is 5.92 Å². The number of nitrogens with one attached hydrogen (secondary N) is 1. The van der Waals surface area contributed by atoms with Gasteiger partial charge in [0.15, 0.2) is 11.4 Å². The van der Waals surface area contributed by atoms with Crippen molar-refractivity contribution in [3.05, 3.63) is 112 Å². The molecule has 47 heavy (non-hydrogen) atoms. The molecule has 5 rings (SSSR count). The maximum absolute atomic E-state index is 14.2. The topological polar surface area (TPSA) is 104 Å². The molecular weight excluding hydrogens is 613 g/mol. The minimum atomic E-state index is -4.66. The lowest BCUT2D eigenvalue weighted by Gasteiger charge is -2.22. The summed E-state index contributed by atoms with van der Waals surface area (Å²) in [5, 5.41) is 7.27. The average Bonchev–Trinajstić information content (AvgIpc) is 3.72. The fraction of sp³-hybridized carbons (Fsp3) is 0.303. The second-order valence-corrected chi connectivity index (χ2v) is 12.5. The highest BCUT2D eigenvalue weighted by Gasteiger charge is 2.33. The summed E-state index contributed by atoms with van der Waals surface area (Å²) in [5.41, 5.74) is -0.332. The number of carbonyl (C=O) groups is 1. The van der Waals surface area contributed by atoms with Gasteiger partial charge in [-0.05, 0) is 49.2 Å². The van der Waals surface area contributed by atoms with Gasteiger partial charge in [-0.1, -0.05) is 32.0 Å². The lowest BCUT2D eigenvalue weighted by Crippen LogP contribution is -2.40. The molecule has 1 N–H and O–H groups in total. The van der Waals surface area contributed by atoms with Gasteiger partial charge in [0.1, 0.15) is 18.3 Å². The molecule has 0 saturated carbocycles. The van der Waals surface area contributed by atoms with E-state index in [9.17, 15) is 22.8 Å². The van der Waals surface area contributed by atoms with Crippen LogP contribution in [0.5, 0.6) is 0 Å². The maximum atomic E-state index is 14.2. The van der Waals surface area contributed by atoms with Gasteiger partial charge < -0.3 is 14.2 Å². The summed E-state index contributed by atoms with van der Waals surface area (Å²) in [6.07, 6.45) is -1.58. The quantitative estimate of drug-likeness (QED) is 0.153. The van der Waals surface area contributed by atoms with Crippen LogP contribution in [0.3, 0.4) is 0 Å². The summed E-state index contributed by atoms with van der Waals surface area (Å²) < 4.78 is 51.1. The summed E-state index contributed by atoms with van der Waals surface area (Å²) >= 11 is 0. The van der Waals surface area contributed by atoms with Gasteiger partial charge >= 0.3 is 17.9 Å². The Morgan fingerprint density at radius 2 is 1.79 bits per heavy atom. The first kappa shape index (κ1) is 33.0. The number of imidazole rings is 1. The highest BCUT2D eigenvalue weighted by molar-refractivity contribution is 5.83. The third-order valence-electron chi connectivity index (χ3n) is 7.44.